The first-order valence-corrected chi connectivity index (χ1v) is 12.1. The van der Waals surface area contributed by atoms with Crippen molar-refractivity contribution in [2.45, 2.75) is 39.8 Å². The molecule has 35 heavy (non-hydrogen) atoms. The number of anilines is 3. The number of aryl methyl sites for hydroxylation is 1. The van der Waals surface area contributed by atoms with Crippen LogP contribution in [0.15, 0.2) is 34.9 Å². The highest BCUT2D eigenvalue weighted by Crippen LogP contribution is 2.31. The summed E-state index contributed by atoms with van der Waals surface area (Å²) in [5.41, 5.74) is 3.91. The molecular formula is C25H31N7O3. The summed E-state index contributed by atoms with van der Waals surface area (Å²) >= 11 is 0. The molecule has 4 heterocycles. The van der Waals surface area contributed by atoms with E-state index in [1.54, 1.807) is 13.0 Å². The third-order valence-corrected chi connectivity index (χ3v) is 6.48. The number of amides is 2. The molecule has 2 aliphatic heterocycles. The maximum Gasteiger partial charge on any atom is 0.324 e. The second-order valence-corrected chi connectivity index (χ2v) is 9.01. The van der Waals surface area contributed by atoms with Gasteiger partial charge in [-0.1, -0.05) is 12.1 Å². The average Bonchev–Trinajstić information content (AvgIpc) is 3.27. The summed E-state index contributed by atoms with van der Waals surface area (Å²) in [7, 11) is 0. The molecule has 184 valence electrons. The number of hydrogen-bond acceptors (Lipinski definition) is 8. The second kappa shape index (κ2) is 10.0. The molecule has 1 unspecified atom stereocenters. The van der Waals surface area contributed by atoms with Gasteiger partial charge in [0.1, 0.15) is 11.6 Å². The van der Waals surface area contributed by atoms with Crippen molar-refractivity contribution in [3.05, 3.63) is 47.3 Å². The standard InChI is InChI=1S/C25H31N7O3/c1-4-31-10-9-20-21(14-31)27-23(29-24(20)32-11-12-34-15-16(32)2)18-5-7-19(8-6-18)26-25(33)28-22-13-17(3)35-30-22/h5-8,13,16H,4,9-12,14-15H2,1-3H3,(H2,26,28,30,33). The van der Waals surface area contributed by atoms with Crippen LogP contribution in [0.3, 0.4) is 0 Å². The summed E-state index contributed by atoms with van der Waals surface area (Å²) in [5.74, 6) is 2.72. The van der Waals surface area contributed by atoms with Crippen LogP contribution < -0.4 is 15.5 Å². The first-order valence-electron chi connectivity index (χ1n) is 12.1. The van der Waals surface area contributed by atoms with Crippen LogP contribution in [0.1, 0.15) is 30.9 Å². The molecule has 0 bridgehead atoms. The Morgan fingerprint density at radius 1 is 1.17 bits per heavy atom. The number of nitrogens with one attached hydrogen (secondary N) is 2. The van der Waals surface area contributed by atoms with Gasteiger partial charge < -0.3 is 19.5 Å². The van der Waals surface area contributed by atoms with E-state index >= 15 is 0 Å². The Kier molecular flexibility index (Phi) is 6.65. The minimum absolute atomic E-state index is 0.262. The molecule has 1 saturated heterocycles. The molecule has 2 N–H and O–H groups in total. The van der Waals surface area contributed by atoms with E-state index in [2.05, 4.69) is 39.4 Å². The largest absolute Gasteiger partial charge is 0.377 e. The van der Waals surface area contributed by atoms with Gasteiger partial charge in [-0.15, -0.1) is 0 Å². The Bertz CT molecular complexity index is 1190. The lowest BCUT2D eigenvalue weighted by Crippen LogP contribution is -2.45. The van der Waals surface area contributed by atoms with Gasteiger partial charge in [-0.2, -0.15) is 0 Å². The van der Waals surface area contributed by atoms with Crippen LogP contribution in [0.5, 0.6) is 0 Å². The molecule has 0 radical (unpaired) electrons. The summed E-state index contributed by atoms with van der Waals surface area (Å²) in [6.45, 7) is 11.2. The number of carbonyl (C=O) groups is 1. The molecule has 0 spiro atoms. The summed E-state index contributed by atoms with van der Waals surface area (Å²) in [4.78, 5) is 27.1. The SMILES string of the molecule is CCN1CCc2c(nc(-c3ccc(NC(=O)Nc4cc(C)on4)cc3)nc2N2CCOCC2C)C1. The maximum absolute atomic E-state index is 12.3. The number of likely N-dealkylation sites (N-methyl/N-ethyl adjacent to an activating group) is 1. The Morgan fingerprint density at radius 2 is 2.00 bits per heavy atom. The third-order valence-electron chi connectivity index (χ3n) is 6.48. The summed E-state index contributed by atoms with van der Waals surface area (Å²) in [6.07, 6.45) is 0.950. The van der Waals surface area contributed by atoms with Crippen LogP contribution >= 0.6 is 0 Å². The number of ether oxygens (including phenoxy) is 1. The lowest BCUT2D eigenvalue weighted by Gasteiger charge is -2.37. The topological polar surface area (TPSA) is 109 Å². The van der Waals surface area contributed by atoms with Gasteiger partial charge in [0, 0.05) is 42.5 Å². The van der Waals surface area contributed by atoms with Crippen molar-refractivity contribution in [3.63, 3.8) is 0 Å². The maximum atomic E-state index is 12.3. The molecule has 2 amide bonds. The number of urea groups is 1. The molecule has 0 saturated carbocycles. The third kappa shape index (κ3) is 5.13. The quantitative estimate of drug-likeness (QED) is 0.573. The number of morpholine rings is 1. The molecule has 10 heteroatoms. The number of fused-ring (bicyclic) bond motifs is 1. The van der Waals surface area contributed by atoms with Crippen LogP contribution in [-0.4, -0.2) is 64.9 Å². The molecule has 2 aromatic heterocycles. The van der Waals surface area contributed by atoms with Crippen LogP contribution in [0, 0.1) is 6.92 Å². The van der Waals surface area contributed by atoms with E-state index in [-0.39, 0.29) is 12.1 Å². The van der Waals surface area contributed by atoms with Crippen molar-refractivity contribution >= 4 is 23.4 Å². The van der Waals surface area contributed by atoms with Gasteiger partial charge >= 0.3 is 6.03 Å². The highest BCUT2D eigenvalue weighted by molar-refractivity contribution is 5.99. The summed E-state index contributed by atoms with van der Waals surface area (Å²) < 4.78 is 10.6. The van der Waals surface area contributed by atoms with E-state index in [4.69, 9.17) is 19.2 Å². The average molecular weight is 478 g/mol. The van der Waals surface area contributed by atoms with Crippen LogP contribution in [0.4, 0.5) is 22.1 Å². The highest BCUT2D eigenvalue weighted by Gasteiger charge is 2.28. The second-order valence-electron chi connectivity index (χ2n) is 9.01. The van der Waals surface area contributed by atoms with E-state index in [0.29, 0.717) is 36.3 Å². The zero-order valence-corrected chi connectivity index (χ0v) is 20.4. The number of aromatic nitrogens is 3. The number of benzene rings is 1. The number of nitrogens with zero attached hydrogens (tertiary/aromatic N) is 5. The van der Waals surface area contributed by atoms with E-state index in [9.17, 15) is 4.79 Å². The molecule has 1 fully saturated rings. The fourth-order valence-electron chi connectivity index (χ4n) is 4.55. The minimum atomic E-state index is -0.390. The lowest BCUT2D eigenvalue weighted by molar-refractivity contribution is 0.0983. The predicted molar refractivity (Wildman–Crippen MR) is 134 cm³/mol. The zero-order valence-electron chi connectivity index (χ0n) is 20.4. The van der Waals surface area contributed by atoms with Crippen molar-refractivity contribution in [2.24, 2.45) is 0 Å². The Hall–Kier alpha value is -3.50. The number of hydrogen-bond donors (Lipinski definition) is 2. The monoisotopic (exact) mass is 477 g/mol. The van der Waals surface area contributed by atoms with Gasteiger partial charge in [0.15, 0.2) is 11.6 Å². The first kappa shape index (κ1) is 23.3. The van der Waals surface area contributed by atoms with Gasteiger partial charge in [-0.05, 0) is 51.1 Å². The minimum Gasteiger partial charge on any atom is -0.377 e. The molecule has 2 aliphatic rings. The van der Waals surface area contributed by atoms with E-state index < -0.39 is 0 Å². The number of carbonyl (C=O) groups excluding carboxylic acids is 1. The Balaban J connectivity index is 1.39. The van der Waals surface area contributed by atoms with Gasteiger partial charge in [-0.25, -0.2) is 14.8 Å². The van der Waals surface area contributed by atoms with Crippen molar-refractivity contribution in [1.82, 2.24) is 20.0 Å². The summed E-state index contributed by atoms with van der Waals surface area (Å²) in [6, 6.07) is 9.10. The summed E-state index contributed by atoms with van der Waals surface area (Å²) in [5, 5.41) is 9.23. The smallest absolute Gasteiger partial charge is 0.324 e. The normalized spacial score (nSPS) is 18.3. The van der Waals surface area contributed by atoms with Gasteiger partial charge in [0.05, 0.1) is 24.9 Å². The Morgan fingerprint density at radius 3 is 2.71 bits per heavy atom. The number of rotatable bonds is 5. The van der Waals surface area contributed by atoms with Crippen LogP contribution in [-0.2, 0) is 17.7 Å². The molecule has 1 aromatic carbocycles. The van der Waals surface area contributed by atoms with Crippen LogP contribution in [0.2, 0.25) is 0 Å². The highest BCUT2D eigenvalue weighted by atomic mass is 16.5. The van der Waals surface area contributed by atoms with E-state index in [0.717, 1.165) is 49.7 Å². The zero-order chi connectivity index (χ0) is 24.4. The lowest BCUT2D eigenvalue weighted by atomic mass is 10.0. The fourth-order valence-corrected chi connectivity index (χ4v) is 4.55. The molecule has 0 aliphatic carbocycles. The molecule has 5 rings (SSSR count). The van der Waals surface area contributed by atoms with E-state index in [1.165, 1.54) is 5.56 Å². The molecule has 10 nitrogen and oxygen atoms in total. The van der Waals surface area contributed by atoms with Crippen molar-refractivity contribution in [1.29, 1.82) is 0 Å². The van der Waals surface area contributed by atoms with Gasteiger partial charge in [0.25, 0.3) is 0 Å². The van der Waals surface area contributed by atoms with Crippen LogP contribution in [0.25, 0.3) is 11.4 Å². The molecule has 3 aromatic rings. The van der Waals surface area contributed by atoms with Gasteiger partial charge in [-0.3, -0.25) is 10.2 Å². The van der Waals surface area contributed by atoms with Crippen molar-refractivity contribution < 1.29 is 14.1 Å². The van der Waals surface area contributed by atoms with E-state index in [1.807, 2.05) is 24.3 Å². The first-order chi connectivity index (χ1) is 17.0. The predicted octanol–water partition coefficient (Wildman–Crippen LogP) is 3.69. The van der Waals surface area contributed by atoms with Crippen molar-refractivity contribution in [2.75, 3.05) is 48.4 Å². The fraction of sp³-hybridized carbons (Fsp3) is 0.440. The molecular weight excluding hydrogens is 446 g/mol. The molecule has 1 atom stereocenters. The van der Waals surface area contributed by atoms with Gasteiger partial charge in [0.2, 0.25) is 0 Å². The van der Waals surface area contributed by atoms with Crippen molar-refractivity contribution in [3.8, 4) is 11.4 Å². The Labute approximate surface area is 204 Å².